The fraction of sp³-hybridized carbons (Fsp3) is 0.533. The lowest BCUT2D eigenvalue weighted by Crippen LogP contribution is -2.31. The molecule has 128 valence electrons. The molecular formula is C15H20N6O2S. The number of H-pyrrole nitrogens is 1. The molecule has 3 aromatic heterocycles. The highest BCUT2D eigenvalue weighted by atomic mass is 32.1. The Balaban J connectivity index is 2.33. The molecule has 0 aliphatic heterocycles. The normalized spacial score (nSPS) is 11.7. The molecule has 24 heavy (non-hydrogen) atoms. The summed E-state index contributed by atoms with van der Waals surface area (Å²) in [6.45, 7) is 7.32. The summed E-state index contributed by atoms with van der Waals surface area (Å²) < 4.78 is 7.27. The van der Waals surface area contributed by atoms with Crippen molar-refractivity contribution in [2.45, 2.75) is 46.7 Å². The topological polar surface area (TPSA) is 98.5 Å². The molecule has 3 rings (SSSR count). The van der Waals surface area contributed by atoms with Crippen LogP contribution in [0.2, 0.25) is 0 Å². The van der Waals surface area contributed by atoms with E-state index in [1.807, 2.05) is 4.57 Å². The van der Waals surface area contributed by atoms with Gasteiger partial charge in [0.15, 0.2) is 17.0 Å². The molecule has 8 nitrogen and oxygen atoms in total. The van der Waals surface area contributed by atoms with E-state index in [1.54, 1.807) is 9.95 Å². The molecule has 0 amide bonds. The highest BCUT2D eigenvalue weighted by Crippen LogP contribution is 2.23. The average molecular weight is 348 g/mol. The van der Waals surface area contributed by atoms with Crippen LogP contribution in [0, 0.1) is 5.92 Å². The number of aromatic amines is 1. The Labute approximate surface area is 142 Å². The highest BCUT2D eigenvalue weighted by Gasteiger charge is 2.21. The average Bonchev–Trinajstić information content (AvgIpc) is 3.14. The van der Waals surface area contributed by atoms with E-state index in [-0.39, 0.29) is 0 Å². The van der Waals surface area contributed by atoms with Gasteiger partial charge in [-0.1, -0.05) is 31.7 Å². The molecule has 0 fully saturated rings. The molecule has 0 aliphatic carbocycles. The lowest BCUT2D eigenvalue weighted by molar-refractivity contribution is 0.534. The lowest BCUT2D eigenvalue weighted by atomic mass is 10.2. The molecule has 0 bridgehead atoms. The zero-order valence-corrected chi connectivity index (χ0v) is 14.8. The molecular weight excluding hydrogens is 328 g/mol. The smallest absolute Gasteiger partial charge is 0.316 e. The Morgan fingerprint density at radius 3 is 2.71 bits per heavy atom. The van der Waals surface area contributed by atoms with Crippen molar-refractivity contribution in [1.29, 1.82) is 0 Å². The zero-order chi connectivity index (χ0) is 17.3. The predicted molar refractivity (Wildman–Crippen MR) is 93.3 cm³/mol. The third-order valence-electron chi connectivity index (χ3n) is 3.76. The Kier molecular flexibility index (Phi) is 4.61. The van der Waals surface area contributed by atoms with Gasteiger partial charge in [0.1, 0.15) is 5.69 Å². The maximum Gasteiger partial charge on any atom is 0.330 e. The molecule has 9 heteroatoms. The van der Waals surface area contributed by atoms with Gasteiger partial charge in [-0.3, -0.25) is 14.3 Å². The molecule has 3 heterocycles. The second-order valence-electron chi connectivity index (χ2n) is 6.17. The number of rotatable bonds is 6. The monoisotopic (exact) mass is 348 g/mol. The number of hydrogen-bond donors (Lipinski definition) is 1. The van der Waals surface area contributed by atoms with Crippen LogP contribution < -0.4 is 11.2 Å². The number of nitrogens with one attached hydrogen (secondary N) is 1. The van der Waals surface area contributed by atoms with Crippen molar-refractivity contribution in [1.82, 2.24) is 28.7 Å². The van der Waals surface area contributed by atoms with Crippen LogP contribution in [-0.4, -0.2) is 28.7 Å². The summed E-state index contributed by atoms with van der Waals surface area (Å²) in [6.07, 6.45) is 1.79. The zero-order valence-electron chi connectivity index (χ0n) is 13.9. The van der Waals surface area contributed by atoms with E-state index >= 15 is 0 Å². The standard InChI is InChI=1S/C15H20N6O2S/c1-4-5-6-20-13-11(14(22)17-15(20)23)21(7-9(2)3)12(16-13)10-8-24-19-18-10/h8-9H,4-7H2,1-3H3,(H,17,22,23). The van der Waals surface area contributed by atoms with Gasteiger partial charge >= 0.3 is 5.69 Å². The number of unbranched alkanes of at least 4 members (excludes halogenated alkanes) is 1. The number of aryl methyl sites for hydroxylation is 1. The second kappa shape index (κ2) is 6.68. The van der Waals surface area contributed by atoms with Gasteiger partial charge in [0, 0.05) is 18.5 Å². The minimum Gasteiger partial charge on any atom is -0.316 e. The first kappa shape index (κ1) is 16.6. The van der Waals surface area contributed by atoms with E-state index in [0.717, 1.165) is 12.8 Å². The van der Waals surface area contributed by atoms with Crippen LogP contribution in [0.25, 0.3) is 22.7 Å². The molecule has 0 saturated heterocycles. The Bertz CT molecular complexity index is 951. The Morgan fingerprint density at radius 2 is 2.08 bits per heavy atom. The minimum atomic E-state index is -0.418. The Hall–Kier alpha value is -2.29. The maximum absolute atomic E-state index is 12.4. The molecule has 0 aliphatic rings. The number of aromatic nitrogens is 6. The van der Waals surface area contributed by atoms with Crippen LogP contribution in [0.15, 0.2) is 15.0 Å². The van der Waals surface area contributed by atoms with Crippen molar-refractivity contribution >= 4 is 22.7 Å². The summed E-state index contributed by atoms with van der Waals surface area (Å²) in [5, 5.41) is 5.87. The molecule has 3 aromatic rings. The summed E-state index contributed by atoms with van der Waals surface area (Å²) in [5.74, 6) is 0.886. The molecule has 0 aromatic carbocycles. The summed E-state index contributed by atoms with van der Waals surface area (Å²) >= 11 is 1.23. The number of imidazole rings is 1. The summed E-state index contributed by atoms with van der Waals surface area (Å²) in [5.41, 5.74) is 0.623. The van der Waals surface area contributed by atoms with Gasteiger partial charge in [0.2, 0.25) is 0 Å². The van der Waals surface area contributed by atoms with Crippen LogP contribution in [0.4, 0.5) is 0 Å². The molecule has 0 unspecified atom stereocenters. The second-order valence-corrected chi connectivity index (χ2v) is 6.78. The van der Waals surface area contributed by atoms with Crippen molar-refractivity contribution in [3.63, 3.8) is 0 Å². The van der Waals surface area contributed by atoms with E-state index < -0.39 is 11.2 Å². The van der Waals surface area contributed by atoms with Crippen LogP contribution in [-0.2, 0) is 13.1 Å². The van der Waals surface area contributed by atoms with Gasteiger partial charge in [-0.2, -0.15) is 0 Å². The van der Waals surface area contributed by atoms with E-state index in [0.29, 0.717) is 41.7 Å². The fourth-order valence-corrected chi connectivity index (χ4v) is 3.13. The van der Waals surface area contributed by atoms with E-state index in [4.69, 9.17) is 0 Å². The van der Waals surface area contributed by atoms with Crippen molar-refractivity contribution < 1.29 is 0 Å². The first-order chi connectivity index (χ1) is 11.5. The van der Waals surface area contributed by atoms with Gasteiger partial charge in [0.05, 0.1) is 0 Å². The fourth-order valence-electron chi connectivity index (χ4n) is 2.70. The van der Waals surface area contributed by atoms with Gasteiger partial charge < -0.3 is 4.57 Å². The van der Waals surface area contributed by atoms with E-state index in [2.05, 4.69) is 40.3 Å². The largest absolute Gasteiger partial charge is 0.330 e. The first-order valence-electron chi connectivity index (χ1n) is 8.03. The van der Waals surface area contributed by atoms with Gasteiger partial charge in [-0.15, -0.1) is 5.10 Å². The summed E-state index contributed by atoms with van der Waals surface area (Å²) in [7, 11) is 0. The lowest BCUT2D eigenvalue weighted by Gasteiger charge is -2.10. The van der Waals surface area contributed by atoms with Crippen molar-refractivity contribution in [3.8, 4) is 11.5 Å². The van der Waals surface area contributed by atoms with Crippen LogP contribution in [0.5, 0.6) is 0 Å². The van der Waals surface area contributed by atoms with Crippen molar-refractivity contribution in [3.05, 3.63) is 26.2 Å². The van der Waals surface area contributed by atoms with Crippen LogP contribution >= 0.6 is 11.5 Å². The van der Waals surface area contributed by atoms with Crippen molar-refractivity contribution in [2.75, 3.05) is 0 Å². The number of fused-ring (bicyclic) bond motifs is 1. The van der Waals surface area contributed by atoms with Gasteiger partial charge in [0.25, 0.3) is 5.56 Å². The van der Waals surface area contributed by atoms with Gasteiger partial charge in [-0.05, 0) is 23.9 Å². The third-order valence-corrected chi connectivity index (χ3v) is 4.26. The minimum absolute atomic E-state index is 0.308. The number of nitrogens with zero attached hydrogens (tertiary/aromatic N) is 5. The molecule has 0 atom stereocenters. The quantitative estimate of drug-likeness (QED) is 0.733. The molecule has 0 radical (unpaired) electrons. The summed E-state index contributed by atoms with van der Waals surface area (Å²) in [4.78, 5) is 31.7. The molecule has 0 saturated carbocycles. The molecule has 0 spiro atoms. The maximum atomic E-state index is 12.4. The molecule has 1 N–H and O–H groups in total. The number of hydrogen-bond acceptors (Lipinski definition) is 6. The van der Waals surface area contributed by atoms with E-state index in [1.165, 1.54) is 11.5 Å². The first-order valence-corrected chi connectivity index (χ1v) is 8.87. The SMILES string of the molecule is CCCCn1c(=O)[nH]c(=O)c2c1nc(-c1csnn1)n2CC(C)C. The van der Waals surface area contributed by atoms with Crippen molar-refractivity contribution in [2.24, 2.45) is 5.92 Å². The third kappa shape index (κ3) is 2.91. The van der Waals surface area contributed by atoms with Crippen LogP contribution in [0.1, 0.15) is 33.6 Å². The highest BCUT2D eigenvalue weighted by molar-refractivity contribution is 7.03. The van der Waals surface area contributed by atoms with Crippen LogP contribution in [0.3, 0.4) is 0 Å². The Morgan fingerprint density at radius 1 is 1.29 bits per heavy atom. The summed E-state index contributed by atoms with van der Waals surface area (Å²) in [6, 6.07) is 0. The van der Waals surface area contributed by atoms with E-state index in [9.17, 15) is 9.59 Å². The predicted octanol–water partition coefficient (Wildman–Crippen LogP) is 1.86. The van der Waals surface area contributed by atoms with Gasteiger partial charge in [-0.25, -0.2) is 9.78 Å².